The summed E-state index contributed by atoms with van der Waals surface area (Å²) in [6, 6.07) is 0.511. The molecular formula is C11H17N3O3S2. The van der Waals surface area contributed by atoms with Crippen molar-refractivity contribution in [2.45, 2.75) is 43.4 Å². The molecule has 0 radical (unpaired) electrons. The van der Waals surface area contributed by atoms with Crippen molar-refractivity contribution in [2.24, 2.45) is 5.92 Å². The van der Waals surface area contributed by atoms with Gasteiger partial charge in [0.2, 0.25) is 14.9 Å². The van der Waals surface area contributed by atoms with Gasteiger partial charge < -0.3 is 10.1 Å². The molecule has 19 heavy (non-hydrogen) atoms. The van der Waals surface area contributed by atoms with Crippen LogP contribution in [0, 0.1) is 5.92 Å². The van der Waals surface area contributed by atoms with E-state index in [0.717, 1.165) is 31.1 Å². The Morgan fingerprint density at radius 1 is 1.42 bits per heavy atom. The standard InChI is InChI=1S/C11H17N3O3S2/c1-2-3-19(15,16)11-10(13-18-14-11)17-9-5-8-4-7(9)6-12-8/h7-9,12H,2-6H2,1H3/t7-,8-,9+/m1/s1. The Bertz CT molecular complexity index is 557. The van der Waals surface area contributed by atoms with Crippen LogP contribution < -0.4 is 10.1 Å². The maximum absolute atomic E-state index is 12.1. The van der Waals surface area contributed by atoms with Crippen molar-refractivity contribution in [2.75, 3.05) is 12.3 Å². The van der Waals surface area contributed by atoms with Crippen molar-refractivity contribution in [3.8, 4) is 5.88 Å². The van der Waals surface area contributed by atoms with E-state index in [2.05, 4.69) is 14.1 Å². The van der Waals surface area contributed by atoms with E-state index in [1.54, 1.807) is 0 Å². The highest BCUT2D eigenvalue weighted by Crippen LogP contribution is 2.35. The summed E-state index contributed by atoms with van der Waals surface area (Å²) in [5, 5.41) is 3.42. The van der Waals surface area contributed by atoms with Gasteiger partial charge in [-0.2, -0.15) is 4.37 Å². The van der Waals surface area contributed by atoms with Gasteiger partial charge >= 0.3 is 0 Å². The van der Waals surface area contributed by atoms with Gasteiger partial charge in [0.15, 0.2) is 0 Å². The molecule has 2 bridgehead atoms. The number of nitrogens with zero attached hydrogens (tertiary/aromatic N) is 2. The molecule has 0 amide bonds. The summed E-state index contributed by atoms with van der Waals surface area (Å²) >= 11 is 0.903. The van der Waals surface area contributed by atoms with Gasteiger partial charge in [0.25, 0.3) is 5.88 Å². The molecule has 3 atom stereocenters. The lowest BCUT2D eigenvalue weighted by atomic mass is 10.1. The Hall–Kier alpha value is -0.730. The number of fused-ring (bicyclic) bond motifs is 2. The zero-order chi connectivity index (χ0) is 13.5. The van der Waals surface area contributed by atoms with Crippen LogP contribution in [0.5, 0.6) is 5.88 Å². The topological polar surface area (TPSA) is 81.2 Å². The third kappa shape index (κ3) is 2.48. The van der Waals surface area contributed by atoms with Crippen molar-refractivity contribution in [3.05, 3.63) is 0 Å². The largest absolute Gasteiger partial charge is 0.471 e. The van der Waals surface area contributed by atoms with Gasteiger partial charge in [0.05, 0.1) is 17.5 Å². The number of hydrogen-bond acceptors (Lipinski definition) is 7. The molecule has 6 nitrogen and oxygen atoms in total. The summed E-state index contributed by atoms with van der Waals surface area (Å²) in [5.74, 6) is 0.761. The quantitative estimate of drug-likeness (QED) is 0.868. The second-order valence-electron chi connectivity index (χ2n) is 5.19. The molecule has 1 aliphatic carbocycles. The molecule has 1 N–H and O–H groups in total. The van der Waals surface area contributed by atoms with Gasteiger partial charge in [-0.25, -0.2) is 8.42 Å². The van der Waals surface area contributed by atoms with E-state index in [1.165, 1.54) is 0 Å². The third-order valence-electron chi connectivity index (χ3n) is 3.76. The molecule has 2 fully saturated rings. The fourth-order valence-electron chi connectivity index (χ4n) is 2.87. The molecule has 0 aromatic carbocycles. The van der Waals surface area contributed by atoms with Crippen molar-refractivity contribution < 1.29 is 13.2 Å². The molecule has 0 spiro atoms. The molecule has 106 valence electrons. The number of sulfone groups is 1. The summed E-state index contributed by atoms with van der Waals surface area (Å²) in [6.07, 6.45) is 2.68. The smallest absolute Gasteiger partial charge is 0.265 e. The summed E-state index contributed by atoms with van der Waals surface area (Å²) in [7, 11) is -3.36. The van der Waals surface area contributed by atoms with Crippen LogP contribution in [0.25, 0.3) is 0 Å². The van der Waals surface area contributed by atoms with Crippen molar-refractivity contribution >= 4 is 21.6 Å². The summed E-state index contributed by atoms with van der Waals surface area (Å²) in [4.78, 5) is 0. The van der Waals surface area contributed by atoms with Crippen LogP contribution in [0.2, 0.25) is 0 Å². The van der Waals surface area contributed by atoms with Crippen LogP contribution in [0.4, 0.5) is 0 Å². The maximum atomic E-state index is 12.1. The first-order valence-electron chi connectivity index (χ1n) is 6.55. The highest BCUT2D eigenvalue weighted by atomic mass is 32.2. The van der Waals surface area contributed by atoms with Gasteiger partial charge in [-0.15, -0.1) is 4.37 Å². The van der Waals surface area contributed by atoms with Crippen molar-refractivity contribution in [1.29, 1.82) is 0 Å². The molecular weight excluding hydrogens is 286 g/mol. The van der Waals surface area contributed by atoms with Crippen molar-refractivity contribution in [3.63, 3.8) is 0 Å². The molecule has 2 heterocycles. The van der Waals surface area contributed by atoms with E-state index in [-0.39, 0.29) is 22.8 Å². The molecule has 1 saturated carbocycles. The first-order valence-corrected chi connectivity index (χ1v) is 8.93. The predicted octanol–water partition coefficient (Wildman–Crippen LogP) is 0.851. The van der Waals surface area contributed by atoms with E-state index in [1.807, 2.05) is 6.92 Å². The zero-order valence-corrected chi connectivity index (χ0v) is 12.3. The second kappa shape index (κ2) is 4.99. The number of piperidine rings is 1. The lowest BCUT2D eigenvalue weighted by molar-refractivity contribution is 0.136. The maximum Gasteiger partial charge on any atom is 0.265 e. The van der Waals surface area contributed by atoms with Crippen molar-refractivity contribution in [1.82, 2.24) is 14.1 Å². The van der Waals surface area contributed by atoms with Crippen LogP contribution in [0.3, 0.4) is 0 Å². The Morgan fingerprint density at radius 2 is 2.26 bits per heavy atom. The van der Waals surface area contributed by atoms with E-state index in [4.69, 9.17) is 4.74 Å². The van der Waals surface area contributed by atoms with Gasteiger partial charge in [-0.1, -0.05) is 6.92 Å². The highest BCUT2D eigenvalue weighted by molar-refractivity contribution is 7.91. The summed E-state index contributed by atoms with van der Waals surface area (Å²) in [5.41, 5.74) is 0. The Balaban J connectivity index is 1.77. The number of aromatic nitrogens is 2. The van der Waals surface area contributed by atoms with Crippen LogP contribution in [0.1, 0.15) is 26.2 Å². The summed E-state index contributed by atoms with van der Waals surface area (Å²) in [6.45, 7) is 2.78. The zero-order valence-electron chi connectivity index (χ0n) is 10.7. The average Bonchev–Trinajstić information content (AvgIpc) is 3.03. The molecule has 3 rings (SSSR count). The van der Waals surface area contributed by atoms with Gasteiger partial charge in [-0.3, -0.25) is 0 Å². The number of rotatable bonds is 5. The normalized spacial score (nSPS) is 29.8. The minimum atomic E-state index is -3.36. The summed E-state index contributed by atoms with van der Waals surface area (Å²) < 4.78 is 37.9. The minimum absolute atomic E-state index is 0.0232. The monoisotopic (exact) mass is 303 g/mol. The third-order valence-corrected chi connectivity index (χ3v) is 6.19. The van der Waals surface area contributed by atoms with E-state index >= 15 is 0 Å². The second-order valence-corrected chi connectivity index (χ2v) is 7.74. The number of ether oxygens (including phenoxy) is 1. The predicted molar refractivity (Wildman–Crippen MR) is 71.2 cm³/mol. The lowest BCUT2D eigenvalue weighted by Gasteiger charge is -2.22. The number of nitrogens with one attached hydrogen (secondary N) is 1. The van der Waals surface area contributed by atoms with Gasteiger partial charge in [-0.05, 0) is 12.8 Å². The first-order chi connectivity index (χ1) is 9.10. The average molecular weight is 303 g/mol. The highest BCUT2D eigenvalue weighted by Gasteiger charge is 2.42. The van der Waals surface area contributed by atoms with E-state index < -0.39 is 9.84 Å². The Kier molecular flexibility index (Phi) is 3.48. The van der Waals surface area contributed by atoms with Crippen LogP contribution in [0.15, 0.2) is 5.03 Å². The Morgan fingerprint density at radius 3 is 2.89 bits per heavy atom. The molecule has 1 aromatic heterocycles. The fraction of sp³-hybridized carbons (Fsp3) is 0.818. The SMILES string of the molecule is CCCS(=O)(=O)c1nsnc1O[C@H]1C[C@H]2C[C@@H]1CN2. The van der Waals surface area contributed by atoms with Crippen LogP contribution >= 0.6 is 11.7 Å². The van der Waals surface area contributed by atoms with Gasteiger partial charge in [0, 0.05) is 24.9 Å². The van der Waals surface area contributed by atoms with Gasteiger partial charge in [0.1, 0.15) is 6.10 Å². The minimum Gasteiger partial charge on any atom is -0.471 e. The van der Waals surface area contributed by atoms with Crippen LogP contribution in [-0.2, 0) is 9.84 Å². The van der Waals surface area contributed by atoms with E-state index in [9.17, 15) is 8.42 Å². The lowest BCUT2D eigenvalue weighted by Crippen LogP contribution is -2.36. The Labute approximate surface area is 116 Å². The van der Waals surface area contributed by atoms with E-state index in [0.29, 0.717) is 18.4 Å². The molecule has 8 heteroatoms. The molecule has 1 aromatic rings. The molecule has 1 saturated heterocycles. The molecule has 2 aliphatic rings. The first kappa shape index (κ1) is 13.3. The molecule has 1 aliphatic heterocycles. The van der Waals surface area contributed by atoms with Crippen LogP contribution in [-0.4, -0.2) is 41.6 Å². The molecule has 0 unspecified atom stereocenters. The fourth-order valence-corrected chi connectivity index (χ4v) is 4.97. The number of hydrogen-bond donors (Lipinski definition) is 1.